The van der Waals surface area contributed by atoms with Crippen molar-refractivity contribution >= 4 is 5.91 Å². The van der Waals surface area contributed by atoms with Crippen molar-refractivity contribution in [3.8, 4) is 0 Å². The van der Waals surface area contributed by atoms with Crippen molar-refractivity contribution in [3.05, 3.63) is 30.1 Å². The first-order chi connectivity index (χ1) is 6.20. The number of nitrogens with one attached hydrogen (secondary N) is 1. The van der Waals surface area contributed by atoms with Crippen molar-refractivity contribution in [3.63, 3.8) is 0 Å². The molecule has 13 heavy (non-hydrogen) atoms. The minimum atomic E-state index is -0.527. The summed E-state index contributed by atoms with van der Waals surface area (Å²) in [7, 11) is 0. The molecule has 0 saturated carbocycles. The third-order valence-corrected chi connectivity index (χ3v) is 1.48. The van der Waals surface area contributed by atoms with E-state index in [0.29, 0.717) is 5.56 Å². The summed E-state index contributed by atoms with van der Waals surface area (Å²) in [6, 6.07) is 3.36. The predicted octanol–water partition coefficient (Wildman–Crippen LogP) is 0.192. The molecule has 0 radical (unpaired) electrons. The van der Waals surface area contributed by atoms with E-state index in [4.69, 9.17) is 5.11 Å². The Morgan fingerprint density at radius 2 is 2.54 bits per heavy atom. The number of rotatable bonds is 3. The van der Waals surface area contributed by atoms with Crippen LogP contribution >= 0.6 is 0 Å². The number of pyridine rings is 1. The average molecular weight is 180 g/mol. The molecule has 1 atom stereocenters. The Bertz CT molecular complexity index is 272. The van der Waals surface area contributed by atoms with Gasteiger partial charge in [0, 0.05) is 18.9 Å². The van der Waals surface area contributed by atoms with Crippen LogP contribution in [0, 0.1) is 0 Å². The Hall–Kier alpha value is -1.42. The molecule has 0 saturated heterocycles. The second-order valence-electron chi connectivity index (χ2n) is 2.80. The molecule has 0 spiro atoms. The number of aliphatic hydroxyl groups excluding tert-OH is 1. The first-order valence-electron chi connectivity index (χ1n) is 4.06. The highest BCUT2D eigenvalue weighted by Crippen LogP contribution is 1.94. The predicted molar refractivity (Wildman–Crippen MR) is 48.3 cm³/mol. The summed E-state index contributed by atoms with van der Waals surface area (Å²) >= 11 is 0. The zero-order valence-electron chi connectivity index (χ0n) is 7.40. The van der Waals surface area contributed by atoms with Crippen LogP contribution < -0.4 is 5.32 Å². The number of carbonyl (C=O) groups excluding carboxylic acids is 1. The lowest BCUT2D eigenvalue weighted by Crippen LogP contribution is -2.30. The van der Waals surface area contributed by atoms with Crippen molar-refractivity contribution in [1.29, 1.82) is 0 Å². The molecule has 1 aromatic rings. The van der Waals surface area contributed by atoms with Crippen LogP contribution in [0.25, 0.3) is 0 Å². The van der Waals surface area contributed by atoms with Gasteiger partial charge in [0.1, 0.15) is 0 Å². The van der Waals surface area contributed by atoms with Gasteiger partial charge in [0.15, 0.2) is 0 Å². The normalized spacial score (nSPS) is 12.2. The van der Waals surface area contributed by atoms with Gasteiger partial charge in [-0.2, -0.15) is 0 Å². The number of amides is 1. The Morgan fingerprint density at radius 3 is 3.08 bits per heavy atom. The van der Waals surface area contributed by atoms with Gasteiger partial charge in [0.05, 0.1) is 11.7 Å². The van der Waals surface area contributed by atoms with E-state index in [9.17, 15) is 4.79 Å². The van der Waals surface area contributed by atoms with Crippen LogP contribution in [0.2, 0.25) is 0 Å². The molecule has 0 aliphatic carbocycles. The second kappa shape index (κ2) is 4.57. The van der Waals surface area contributed by atoms with Gasteiger partial charge in [0.2, 0.25) is 0 Å². The summed E-state index contributed by atoms with van der Waals surface area (Å²) in [6.07, 6.45) is 2.56. The van der Waals surface area contributed by atoms with Crippen molar-refractivity contribution in [1.82, 2.24) is 10.3 Å². The lowest BCUT2D eigenvalue weighted by atomic mass is 10.2. The zero-order valence-corrected chi connectivity index (χ0v) is 7.40. The van der Waals surface area contributed by atoms with Crippen LogP contribution in [0.5, 0.6) is 0 Å². The number of aromatic nitrogens is 1. The fourth-order valence-electron chi connectivity index (χ4n) is 0.840. The van der Waals surface area contributed by atoms with Crippen LogP contribution in [0.1, 0.15) is 17.3 Å². The van der Waals surface area contributed by atoms with Crippen LogP contribution in [0.3, 0.4) is 0 Å². The lowest BCUT2D eigenvalue weighted by molar-refractivity contribution is 0.0923. The van der Waals surface area contributed by atoms with Crippen LogP contribution in [0.4, 0.5) is 0 Å². The molecule has 0 unspecified atom stereocenters. The molecule has 0 fully saturated rings. The summed E-state index contributed by atoms with van der Waals surface area (Å²) in [4.78, 5) is 15.1. The Balaban J connectivity index is 2.50. The fraction of sp³-hybridized carbons (Fsp3) is 0.333. The third-order valence-electron chi connectivity index (χ3n) is 1.48. The van der Waals surface area contributed by atoms with E-state index in [2.05, 4.69) is 10.3 Å². The quantitative estimate of drug-likeness (QED) is 0.698. The first kappa shape index (κ1) is 9.67. The largest absolute Gasteiger partial charge is 0.392 e. The number of nitrogens with zero attached hydrogens (tertiary/aromatic N) is 1. The molecule has 1 aromatic heterocycles. The second-order valence-corrected chi connectivity index (χ2v) is 2.80. The molecule has 4 heteroatoms. The van der Waals surface area contributed by atoms with Gasteiger partial charge in [-0.25, -0.2) is 0 Å². The zero-order chi connectivity index (χ0) is 9.68. The number of hydrogen-bond acceptors (Lipinski definition) is 3. The van der Waals surface area contributed by atoms with Gasteiger partial charge in [-0.15, -0.1) is 0 Å². The Morgan fingerprint density at radius 1 is 1.77 bits per heavy atom. The molecule has 4 nitrogen and oxygen atoms in total. The van der Waals surface area contributed by atoms with E-state index in [1.807, 2.05) is 0 Å². The average Bonchev–Trinajstić information content (AvgIpc) is 2.15. The summed E-state index contributed by atoms with van der Waals surface area (Å²) in [5.74, 6) is -0.214. The molecule has 70 valence electrons. The molecule has 0 aliphatic rings. The van der Waals surface area contributed by atoms with Crippen molar-refractivity contribution in [2.45, 2.75) is 13.0 Å². The van der Waals surface area contributed by atoms with Crippen LogP contribution in [-0.2, 0) is 0 Å². The Labute approximate surface area is 76.6 Å². The smallest absolute Gasteiger partial charge is 0.252 e. The van der Waals surface area contributed by atoms with Crippen molar-refractivity contribution in [2.75, 3.05) is 6.54 Å². The molecule has 0 bridgehead atoms. The van der Waals surface area contributed by atoms with Gasteiger partial charge < -0.3 is 10.4 Å². The van der Waals surface area contributed by atoms with E-state index >= 15 is 0 Å². The molecule has 0 aromatic carbocycles. The maximum Gasteiger partial charge on any atom is 0.252 e. The highest BCUT2D eigenvalue weighted by molar-refractivity contribution is 5.93. The van der Waals surface area contributed by atoms with Gasteiger partial charge in [-0.05, 0) is 19.1 Å². The highest BCUT2D eigenvalue weighted by Gasteiger charge is 2.04. The maximum absolute atomic E-state index is 11.3. The topological polar surface area (TPSA) is 62.2 Å². The lowest BCUT2D eigenvalue weighted by Gasteiger charge is -2.05. The molecule has 1 heterocycles. The van der Waals surface area contributed by atoms with E-state index in [1.165, 1.54) is 6.20 Å². The third kappa shape index (κ3) is 3.21. The number of hydrogen-bond donors (Lipinski definition) is 2. The SMILES string of the molecule is C[C@@H](O)CNC(=O)c1cccnc1. The molecule has 1 rings (SSSR count). The van der Waals surface area contributed by atoms with E-state index in [0.717, 1.165) is 0 Å². The van der Waals surface area contributed by atoms with Gasteiger partial charge in [-0.1, -0.05) is 0 Å². The first-order valence-corrected chi connectivity index (χ1v) is 4.06. The molecular weight excluding hydrogens is 168 g/mol. The summed E-state index contributed by atoms with van der Waals surface area (Å²) in [5.41, 5.74) is 0.503. The number of carbonyl (C=O) groups is 1. The molecule has 1 amide bonds. The summed E-state index contributed by atoms with van der Waals surface area (Å²) in [5, 5.41) is 11.5. The minimum Gasteiger partial charge on any atom is -0.392 e. The van der Waals surface area contributed by atoms with Crippen molar-refractivity contribution < 1.29 is 9.90 Å². The molecule has 0 aliphatic heterocycles. The van der Waals surface area contributed by atoms with E-state index in [1.54, 1.807) is 25.3 Å². The summed E-state index contributed by atoms with van der Waals surface area (Å²) < 4.78 is 0. The standard InChI is InChI=1S/C9H12N2O2/c1-7(12)5-11-9(13)8-3-2-4-10-6-8/h2-4,6-7,12H,5H2,1H3,(H,11,13)/t7-/m1/s1. The Kier molecular flexibility index (Phi) is 3.40. The van der Waals surface area contributed by atoms with Crippen LogP contribution in [0.15, 0.2) is 24.5 Å². The maximum atomic E-state index is 11.3. The minimum absolute atomic E-state index is 0.214. The van der Waals surface area contributed by atoms with Crippen molar-refractivity contribution in [2.24, 2.45) is 0 Å². The monoisotopic (exact) mass is 180 g/mol. The summed E-state index contributed by atoms with van der Waals surface area (Å²) in [6.45, 7) is 1.87. The number of aliphatic hydroxyl groups is 1. The van der Waals surface area contributed by atoms with E-state index in [-0.39, 0.29) is 12.5 Å². The van der Waals surface area contributed by atoms with Gasteiger partial charge in [0.25, 0.3) is 5.91 Å². The van der Waals surface area contributed by atoms with Crippen LogP contribution in [-0.4, -0.2) is 28.6 Å². The van der Waals surface area contributed by atoms with E-state index < -0.39 is 6.10 Å². The molecule has 2 N–H and O–H groups in total. The van der Waals surface area contributed by atoms with Gasteiger partial charge in [-0.3, -0.25) is 9.78 Å². The van der Waals surface area contributed by atoms with Gasteiger partial charge >= 0.3 is 0 Å². The molecular formula is C9H12N2O2. The highest BCUT2D eigenvalue weighted by atomic mass is 16.3. The fourth-order valence-corrected chi connectivity index (χ4v) is 0.840.